The van der Waals surface area contributed by atoms with E-state index >= 15 is 0 Å². The predicted molar refractivity (Wildman–Crippen MR) is 214 cm³/mol. The summed E-state index contributed by atoms with van der Waals surface area (Å²) in [5.41, 5.74) is 3.64. The highest BCUT2D eigenvalue weighted by Gasteiger charge is 2.75. The van der Waals surface area contributed by atoms with E-state index in [0.29, 0.717) is 31.6 Å². The SMILES string of the molecule is CCC[C@H]1CC[C@H]2[C@H](C)[C@H]([C@@H](O)[C@](C)(O)[C@H]3CC[C@@]4(O)C5=CC(=O)[C@@H]6C[C@@H](O)[C@@H](O)C[C@@]67C[C@H](C6=CNC(N)C=C6)C=C[C@H](C[C@]34C3CCCC3)[C@@H]57)O[C@@H]2CC1. The predicted octanol–water partition coefficient (Wildman–Crippen LogP) is 5.59. The fraction of sp³-hybridized carbons (Fsp3) is 0.809. The first kappa shape index (κ1) is 39.6. The van der Waals surface area contributed by atoms with Gasteiger partial charge in [-0.25, -0.2) is 0 Å². The van der Waals surface area contributed by atoms with Gasteiger partial charge in [-0.15, -0.1) is 0 Å². The lowest BCUT2D eigenvalue weighted by atomic mass is 9.40. The van der Waals surface area contributed by atoms with Crippen LogP contribution < -0.4 is 11.1 Å². The second kappa shape index (κ2) is 14.4. The number of carbonyl (C=O) groups is 1. The van der Waals surface area contributed by atoms with Gasteiger partial charge in [0.25, 0.3) is 0 Å². The van der Waals surface area contributed by atoms with Crippen molar-refractivity contribution < 1.29 is 35.1 Å². The Morgan fingerprint density at radius 3 is 2.52 bits per heavy atom. The third kappa shape index (κ3) is 5.82. The molecule has 9 rings (SSSR count). The van der Waals surface area contributed by atoms with E-state index in [4.69, 9.17) is 10.5 Å². The normalized spacial score (nSPS) is 50.3. The zero-order chi connectivity index (χ0) is 39.4. The molecule has 0 amide bonds. The number of fused-ring (bicyclic) bond motifs is 3. The number of nitrogens with two attached hydrogens (primary N) is 1. The van der Waals surface area contributed by atoms with Gasteiger partial charge in [0, 0.05) is 23.5 Å². The summed E-state index contributed by atoms with van der Waals surface area (Å²) in [5, 5.41) is 65.2. The van der Waals surface area contributed by atoms with Gasteiger partial charge in [0.2, 0.25) is 0 Å². The molecule has 1 saturated heterocycles. The molecule has 310 valence electrons. The number of rotatable bonds is 7. The molecule has 0 aromatic rings. The van der Waals surface area contributed by atoms with E-state index in [9.17, 15) is 30.3 Å². The average Bonchev–Trinajstić information content (AvgIpc) is 3.83. The van der Waals surface area contributed by atoms with E-state index in [2.05, 4.69) is 37.4 Å². The van der Waals surface area contributed by atoms with Crippen molar-refractivity contribution in [2.45, 2.75) is 171 Å². The second-order valence-corrected chi connectivity index (χ2v) is 20.7. The fourth-order valence-electron chi connectivity index (χ4n) is 15.7. The summed E-state index contributed by atoms with van der Waals surface area (Å²) >= 11 is 0. The van der Waals surface area contributed by atoms with Gasteiger partial charge in [0.1, 0.15) is 6.10 Å². The lowest BCUT2D eigenvalue weighted by Crippen LogP contribution is -2.68. The number of aliphatic hydroxyl groups excluding tert-OH is 3. The fourth-order valence-corrected chi connectivity index (χ4v) is 15.7. The molecular weight excluding hydrogens is 705 g/mol. The molecule has 5 saturated carbocycles. The van der Waals surface area contributed by atoms with Crippen LogP contribution in [-0.4, -0.2) is 79.2 Å². The molecule has 9 aliphatic rings. The molecular formula is C47H70N2O7. The number of ketones is 1. The van der Waals surface area contributed by atoms with Gasteiger partial charge in [-0.05, 0) is 148 Å². The maximum Gasteiger partial charge on any atom is 0.159 e. The van der Waals surface area contributed by atoms with Crippen LogP contribution in [0.2, 0.25) is 0 Å². The van der Waals surface area contributed by atoms with Crippen LogP contribution in [-0.2, 0) is 9.53 Å². The van der Waals surface area contributed by atoms with Crippen molar-refractivity contribution in [2.75, 3.05) is 0 Å². The number of dihydropyridines is 1. The summed E-state index contributed by atoms with van der Waals surface area (Å²) in [6, 6.07) is 0. The molecule has 2 heterocycles. The third-order valence-corrected chi connectivity index (χ3v) is 18.2. The molecule has 8 N–H and O–H groups in total. The third-order valence-electron chi connectivity index (χ3n) is 18.2. The Kier molecular flexibility index (Phi) is 10.2. The maximum absolute atomic E-state index is 14.7. The summed E-state index contributed by atoms with van der Waals surface area (Å²) in [7, 11) is 0. The summed E-state index contributed by atoms with van der Waals surface area (Å²) < 4.78 is 6.84. The van der Waals surface area contributed by atoms with Crippen molar-refractivity contribution in [1.82, 2.24) is 5.32 Å². The average molecular weight is 775 g/mol. The Labute approximate surface area is 334 Å². The molecule has 2 aliphatic heterocycles. The highest BCUT2D eigenvalue weighted by Crippen LogP contribution is 2.75. The molecule has 0 aromatic carbocycles. The lowest BCUT2D eigenvalue weighted by Gasteiger charge is -2.65. The first-order chi connectivity index (χ1) is 26.7. The van der Waals surface area contributed by atoms with Gasteiger partial charge in [-0.3, -0.25) is 4.79 Å². The van der Waals surface area contributed by atoms with E-state index in [1.807, 2.05) is 19.2 Å². The lowest BCUT2D eigenvalue weighted by molar-refractivity contribution is -0.221. The zero-order valence-electron chi connectivity index (χ0n) is 34.1. The highest BCUT2D eigenvalue weighted by atomic mass is 16.5. The summed E-state index contributed by atoms with van der Waals surface area (Å²) in [4.78, 5) is 14.7. The van der Waals surface area contributed by atoms with Crippen LogP contribution in [0.3, 0.4) is 0 Å². The quantitative estimate of drug-likeness (QED) is 0.163. The van der Waals surface area contributed by atoms with Gasteiger partial charge in [0.15, 0.2) is 5.78 Å². The minimum atomic E-state index is -1.54. The second-order valence-electron chi connectivity index (χ2n) is 20.7. The van der Waals surface area contributed by atoms with Crippen molar-refractivity contribution in [2.24, 2.45) is 69.8 Å². The number of nitrogens with one attached hydrogen (secondary N) is 1. The molecule has 9 heteroatoms. The van der Waals surface area contributed by atoms with Crippen LogP contribution in [0.25, 0.3) is 0 Å². The Balaban J connectivity index is 1.12. The molecule has 1 unspecified atom stereocenters. The maximum atomic E-state index is 14.7. The highest BCUT2D eigenvalue weighted by molar-refractivity contribution is 5.95. The van der Waals surface area contributed by atoms with Crippen LogP contribution in [0.1, 0.15) is 124 Å². The zero-order valence-corrected chi connectivity index (χ0v) is 34.1. The Hall–Kier alpha value is -1.85. The Bertz CT molecular complexity index is 1650. The Morgan fingerprint density at radius 1 is 1.02 bits per heavy atom. The van der Waals surface area contributed by atoms with Crippen LogP contribution in [0.4, 0.5) is 0 Å². The van der Waals surface area contributed by atoms with Crippen LogP contribution in [0.15, 0.2) is 47.7 Å². The summed E-state index contributed by atoms with van der Waals surface area (Å²) in [6.07, 6.45) is 22.2. The van der Waals surface area contributed by atoms with Crippen LogP contribution in [0.5, 0.6) is 0 Å². The van der Waals surface area contributed by atoms with Gasteiger partial charge in [0.05, 0.1) is 41.8 Å². The number of aliphatic hydroxyl groups is 5. The van der Waals surface area contributed by atoms with E-state index in [-0.39, 0.29) is 60.5 Å². The van der Waals surface area contributed by atoms with Gasteiger partial charge in [-0.2, -0.15) is 0 Å². The van der Waals surface area contributed by atoms with Crippen molar-refractivity contribution >= 4 is 5.78 Å². The van der Waals surface area contributed by atoms with Gasteiger partial charge >= 0.3 is 0 Å². The number of carbonyl (C=O) groups excluding carboxylic acids is 1. The van der Waals surface area contributed by atoms with E-state index in [1.165, 1.54) is 19.3 Å². The standard InChI is InChI=1S/C47H70N2O7/c1-4-7-27-10-15-32-26(2)42(56-38(32)16-11-27)43(53)44(3,54)39-18-19-47(55)34-21-35(50)33-20-36(51)37(52)24-45(33)22-28(30-14-17-40(48)49-25-30)12-13-29(41(34)45)23-46(39,47)31-8-5-6-9-31/h12-14,17,21,25-29,31-33,36-43,49,51-55H,4-11,15-16,18-20,22-24,48H2,1-3H3/t26-,27-,28+,29+,32-,33-,36+,37-,38+,39+,40?,41-,42+,43+,44+,45-,46-,47+/m0/s1. The molecule has 18 atom stereocenters. The monoisotopic (exact) mass is 775 g/mol. The van der Waals surface area contributed by atoms with Gasteiger partial charge < -0.3 is 41.3 Å². The Morgan fingerprint density at radius 2 is 1.79 bits per heavy atom. The van der Waals surface area contributed by atoms with E-state index < -0.39 is 58.3 Å². The molecule has 56 heavy (non-hydrogen) atoms. The smallest absolute Gasteiger partial charge is 0.159 e. The molecule has 1 spiro atoms. The summed E-state index contributed by atoms with van der Waals surface area (Å²) in [6.45, 7) is 6.31. The largest absolute Gasteiger partial charge is 0.390 e. The minimum absolute atomic E-state index is 0.0578. The van der Waals surface area contributed by atoms with Crippen LogP contribution in [0, 0.1) is 64.1 Å². The van der Waals surface area contributed by atoms with E-state index in [0.717, 1.165) is 62.0 Å². The van der Waals surface area contributed by atoms with E-state index in [1.54, 1.807) is 6.08 Å². The van der Waals surface area contributed by atoms with Crippen LogP contribution >= 0.6 is 0 Å². The van der Waals surface area contributed by atoms with Crippen molar-refractivity contribution in [1.29, 1.82) is 0 Å². The molecule has 0 bridgehead atoms. The summed E-state index contributed by atoms with van der Waals surface area (Å²) in [5.74, 6) is 0.0551. The molecule has 7 aliphatic carbocycles. The minimum Gasteiger partial charge on any atom is -0.390 e. The number of allylic oxidation sites excluding steroid dienone is 5. The number of hydrogen-bond donors (Lipinski definition) is 7. The van der Waals surface area contributed by atoms with Crippen molar-refractivity contribution in [3.63, 3.8) is 0 Å². The first-order valence-electron chi connectivity index (χ1n) is 22.7. The number of hydrogen-bond acceptors (Lipinski definition) is 9. The molecule has 6 fully saturated rings. The topological polar surface area (TPSA) is 166 Å². The first-order valence-corrected chi connectivity index (χ1v) is 22.7. The van der Waals surface area contributed by atoms with Crippen molar-refractivity contribution in [3.05, 3.63) is 47.7 Å². The molecule has 9 nitrogen and oxygen atoms in total. The number of ether oxygens (including phenoxy) is 1. The molecule has 0 aromatic heterocycles. The van der Waals surface area contributed by atoms with Gasteiger partial charge in [-0.1, -0.05) is 64.2 Å². The molecule has 0 radical (unpaired) electrons. The van der Waals surface area contributed by atoms with Crippen molar-refractivity contribution in [3.8, 4) is 0 Å².